The summed E-state index contributed by atoms with van der Waals surface area (Å²) in [5.41, 5.74) is 1.48. The molecule has 3 aromatic heterocycles. The van der Waals surface area contributed by atoms with Crippen molar-refractivity contribution in [2.24, 2.45) is 0 Å². The molecule has 5 rings (SSSR count). The number of pyridine rings is 1. The van der Waals surface area contributed by atoms with Crippen LogP contribution in [0, 0.1) is 5.82 Å². The molecule has 0 spiro atoms. The monoisotopic (exact) mass is 482 g/mol. The molecule has 184 valence electrons. The maximum atomic E-state index is 14.0. The standard InChI is InChI=1S/C23H27FN8O3/c24-16-10-25-8-7-17(16)30-23(35)19-11-26-22-18(27-13-1-2-13)9-20(31-32(19)22)28-14-3-5-15(6-4-14)29-21(34)12-33/h7-11,13-15,27,33H,1-6,12H2,(H,28,31)(H,29,34)(H,25,30,35)/t14-,15-. The third-order valence-electron chi connectivity index (χ3n) is 6.25. The van der Waals surface area contributed by atoms with Gasteiger partial charge in [-0.3, -0.25) is 14.6 Å². The predicted molar refractivity (Wildman–Crippen MR) is 127 cm³/mol. The Morgan fingerprint density at radius 1 is 1.03 bits per heavy atom. The highest BCUT2D eigenvalue weighted by Gasteiger charge is 2.26. The minimum atomic E-state index is -0.633. The van der Waals surface area contributed by atoms with Gasteiger partial charge in [-0.05, 0) is 44.6 Å². The number of carbonyl (C=O) groups excluding carboxylic acids is 2. The van der Waals surface area contributed by atoms with Crippen molar-refractivity contribution in [3.63, 3.8) is 0 Å². The van der Waals surface area contributed by atoms with Crippen LogP contribution in [0.5, 0.6) is 0 Å². The molecule has 3 heterocycles. The number of rotatable bonds is 8. The van der Waals surface area contributed by atoms with Crippen molar-refractivity contribution in [3.05, 3.63) is 42.2 Å². The number of nitrogens with zero attached hydrogens (tertiary/aromatic N) is 4. The van der Waals surface area contributed by atoms with Gasteiger partial charge >= 0.3 is 0 Å². The number of hydrogen-bond acceptors (Lipinski definition) is 8. The van der Waals surface area contributed by atoms with Crippen molar-refractivity contribution in [1.82, 2.24) is 24.9 Å². The zero-order valence-electron chi connectivity index (χ0n) is 19.0. The first-order chi connectivity index (χ1) is 17.0. The first kappa shape index (κ1) is 23.0. The van der Waals surface area contributed by atoms with E-state index in [0.717, 1.165) is 50.4 Å². The minimum Gasteiger partial charge on any atom is -0.387 e. The fraction of sp³-hybridized carbons (Fsp3) is 0.435. The number of imidazole rings is 1. The van der Waals surface area contributed by atoms with Gasteiger partial charge in [-0.1, -0.05) is 0 Å². The molecule has 2 fully saturated rings. The molecule has 12 heteroatoms. The van der Waals surface area contributed by atoms with E-state index in [1.54, 1.807) is 0 Å². The number of halogens is 1. The van der Waals surface area contributed by atoms with Gasteiger partial charge in [0, 0.05) is 30.4 Å². The van der Waals surface area contributed by atoms with Crippen LogP contribution in [0.2, 0.25) is 0 Å². The molecule has 0 atom stereocenters. The van der Waals surface area contributed by atoms with Crippen molar-refractivity contribution in [2.75, 3.05) is 22.6 Å². The molecule has 5 N–H and O–H groups in total. The molecular weight excluding hydrogens is 455 g/mol. The molecule has 0 aromatic carbocycles. The number of hydrogen-bond donors (Lipinski definition) is 5. The second-order valence-electron chi connectivity index (χ2n) is 8.97. The molecule has 0 saturated heterocycles. The number of aromatic nitrogens is 4. The van der Waals surface area contributed by atoms with Crippen LogP contribution in [0.25, 0.3) is 5.65 Å². The molecule has 2 aliphatic carbocycles. The van der Waals surface area contributed by atoms with Crippen molar-refractivity contribution < 1.29 is 19.1 Å². The van der Waals surface area contributed by atoms with Crippen molar-refractivity contribution in [1.29, 1.82) is 0 Å². The van der Waals surface area contributed by atoms with E-state index in [9.17, 15) is 14.0 Å². The maximum absolute atomic E-state index is 14.0. The van der Waals surface area contributed by atoms with Crippen LogP contribution in [-0.2, 0) is 4.79 Å². The fourth-order valence-corrected chi connectivity index (χ4v) is 4.28. The van der Waals surface area contributed by atoms with Gasteiger partial charge in [0.1, 0.15) is 12.4 Å². The summed E-state index contributed by atoms with van der Waals surface area (Å²) < 4.78 is 15.5. The topological polar surface area (TPSA) is 146 Å². The Bertz CT molecular complexity index is 1240. The zero-order chi connectivity index (χ0) is 24.4. The van der Waals surface area contributed by atoms with Crippen LogP contribution in [0.1, 0.15) is 49.0 Å². The lowest BCUT2D eigenvalue weighted by atomic mass is 9.91. The third-order valence-corrected chi connectivity index (χ3v) is 6.25. The van der Waals surface area contributed by atoms with Crippen LogP contribution in [0.15, 0.2) is 30.7 Å². The molecule has 35 heavy (non-hydrogen) atoms. The molecular formula is C23H27FN8O3. The van der Waals surface area contributed by atoms with E-state index in [0.29, 0.717) is 17.5 Å². The van der Waals surface area contributed by atoms with Crippen molar-refractivity contribution >= 4 is 34.7 Å². The lowest BCUT2D eigenvalue weighted by Gasteiger charge is -2.30. The number of anilines is 3. The molecule has 3 aromatic rings. The fourth-order valence-electron chi connectivity index (χ4n) is 4.28. The van der Waals surface area contributed by atoms with E-state index < -0.39 is 18.3 Å². The Balaban J connectivity index is 1.36. The van der Waals surface area contributed by atoms with Crippen molar-refractivity contribution in [3.8, 4) is 0 Å². The van der Waals surface area contributed by atoms with Gasteiger partial charge in [0.15, 0.2) is 17.2 Å². The van der Waals surface area contributed by atoms with Crippen molar-refractivity contribution in [2.45, 2.75) is 56.7 Å². The molecule has 0 aliphatic heterocycles. The van der Waals surface area contributed by atoms with Crippen LogP contribution >= 0.6 is 0 Å². The van der Waals surface area contributed by atoms with Gasteiger partial charge in [-0.2, -0.15) is 0 Å². The highest BCUT2D eigenvalue weighted by Crippen LogP contribution is 2.30. The molecule has 2 aliphatic rings. The van der Waals surface area contributed by atoms with Gasteiger partial charge in [-0.15, -0.1) is 5.10 Å². The van der Waals surface area contributed by atoms with E-state index in [2.05, 4.69) is 36.3 Å². The van der Waals surface area contributed by atoms with Gasteiger partial charge in [-0.25, -0.2) is 13.9 Å². The highest BCUT2D eigenvalue weighted by molar-refractivity contribution is 6.03. The average Bonchev–Trinajstić information content (AvgIpc) is 3.57. The van der Waals surface area contributed by atoms with Crippen LogP contribution in [-0.4, -0.2) is 61.2 Å². The van der Waals surface area contributed by atoms with E-state index in [1.165, 1.54) is 23.0 Å². The average molecular weight is 483 g/mol. The van der Waals surface area contributed by atoms with Gasteiger partial charge in [0.2, 0.25) is 5.91 Å². The minimum absolute atomic E-state index is 0.0237. The van der Waals surface area contributed by atoms with Gasteiger partial charge in [0.05, 0.1) is 23.8 Å². The number of aliphatic hydroxyl groups excluding tert-OH is 1. The summed E-state index contributed by atoms with van der Waals surface area (Å²) in [7, 11) is 0. The maximum Gasteiger partial charge on any atom is 0.276 e. The van der Waals surface area contributed by atoms with Crippen LogP contribution < -0.4 is 21.3 Å². The summed E-state index contributed by atoms with van der Waals surface area (Å²) in [5, 5.41) is 25.8. The highest BCUT2D eigenvalue weighted by atomic mass is 19.1. The largest absolute Gasteiger partial charge is 0.387 e. The number of nitrogens with one attached hydrogen (secondary N) is 4. The third kappa shape index (κ3) is 5.32. The molecule has 2 saturated carbocycles. The van der Waals surface area contributed by atoms with E-state index >= 15 is 0 Å². The van der Waals surface area contributed by atoms with E-state index in [4.69, 9.17) is 5.11 Å². The Morgan fingerprint density at radius 3 is 2.46 bits per heavy atom. The smallest absolute Gasteiger partial charge is 0.276 e. The Kier molecular flexibility index (Phi) is 6.45. The molecule has 11 nitrogen and oxygen atoms in total. The summed E-state index contributed by atoms with van der Waals surface area (Å²) in [6.07, 6.45) is 9.20. The quantitative estimate of drug-likeness (QED) is 0.327. The summed E-state index contributed by atoms with van der Waals surface area (Å²) in [5.74, 6) is -0.941. The number of aliphatic hydroxyl groups is 1. The second-order valence-corrected chi connectivity index (χ2v) is 8.97. The summed E-state index contributed by atoms with van der Waals surface area (Å²) in [6, 6.07) is 3.83. The normalized spacial score (nSPS) is 19.8. The zero-order valence-corrected chi connectivity index (χ0v) is 19.0. The number of fused-ring (bicyclic) bond motifs is 1. The SMILES string of the molecule is O=C(CO)N[C@H]1CC[C@H](Nc2cc(NC3CC3)c3ncc(C(=O)Nc4ccncc4F)n3n2)CC1. The van der Waals surface area contributed by atoms with Gasteiger partial charge < -0.3 is 26.4 Å². The Hall–Kier alpha value is -3.80. The van der Waals surface area contributed by atoms with E-state index in [-0.39, 0.29) is 29.4 Å². The predicted octanol–water partition coefficient (Wildman–Crippen LogP) is 1.92. The summed E-state index contributed by atoms with van der Waals surface area (Å²) in [6.45, 7) is -0.506. The molecule has 0 radical (unpaired) electrons. The summed E-state index contributed by atoms with van der Waals surface area (Å²) in [4.78, 5) is 32.5. The van der Waals surface area contributed by atoms with Crippen LogP contribution in [0.4, 0.5) is 21.6 Å². The van der Waals surface area contributed by atoms with E-state index in [1.807, 2.05) is 6.07 Å². The Morgan fingerprint density at radius 2 is 1.74 bits per heavy atom. The lowest BCUT2D eigenvalue weighted by molar-refractivity contribution is -0.124. The lowest BCUT2D eigenvalue weighted by Crippen LogP contribution is -2.41. The molecule has 0 unspecified atom stereocenters. The molecule has 0 bridgehead atoms. The van der Waals surface area contributed by atoms with Gasteiger partial charge in [0.25, 0.3) is 5.91 Å². The summed E-state index contributed by atoms with van der Waals surface area (Å²) >= 11 is 0. The second kappa shape index (κ2) is 9.82. The first-order valence-corrected chi connectivity index (χ1v) is 11.7. The molecule has 2 amide bonds. The number of carbonyl (C=O) groups is 2. The first-order valence-electron chi connectivity index (χ1n) is 11.7. The number of amides is 2. The van der Waals surface area contributed by atoms with Crippen LogP contribution in [0.3, 0.4) is 0 Å². The Labute approximate surface area is 200 Å².